The zero-order chi connectivity index (χ0) is 22.3. The lowest BCUT2D eigenvalue weighted by Gasteiger charge is -2.34. The van der Waals surface area contributed by atoms with Gasteiger partial charge in [-0.05, 0) is 35.8 Å². The van der Waals surface area contributed by atoms with Crippen molar-refractivity contribution < 1.29 is 17.9 Å². The third kappa shape index (κ3) is 4.06. The van der Waals surface area contributed by atoms with Crippen LogP contribution in [-0.4, -0.2) is 37.8 Å². The summed E-state index contributed by atoms with van der Waals surface area (Å²) in [6.45, 7) is 4.65. The average Bonchev–Trinajstić information content (AvgIpc) is 3.29. The molecule has 2 aromatic heterocycles. The number of methoxy groups -OCH3 is 1. The predicted octanol–water partition coefficient (Wildman–Crippen LogP) is 5.13. The summed E-state index contributed by atoms with van der Waals surface area (Å²) in [5, 5.41) is 14.4. The molecule has 0 radical (unpaired) electrons. The highest BCUT2D eigenvalue weighted by molar-refractivity contribution is 7.71. The minimum Gasteiger partial charge on any atom is -0.497 e. The lowest BCUT2D eigenvalue weighted by atomic mass is 9.96. The number of benzene rings is 1. The zero-order valence-corrected chi connectivity index (χ0v) is 18.1. The van der Waals surface area contributed by atoms with E-state index in [1.54, 1.807) is 35.9 Å². The lowest BCUT2D eigenvalue weighted by molar-refractivity contribution is -0.173. The molecule has 2 N–H and O–H groups in total. The number of anilines is 1. The van der Waals surface area contributed by atoms with Crippen molar-refractivity contribution in [3.8, 4) is 17.1 Å². The number of halogens is 3. The third-order valence-corrected chi connectivity index (χ3v) is 5.62. The highest BCUT2D eigenvalue weighted by atomic mass is 32.1. The summed E-state index contributed by atoms with van der Waals surface area (Å²) >= 11 is 5.33. The van der Waals surface area contributed by atoms with Crippen molar-refractivity contribution in [3.63, 3.8) is 0 Å². The number of ether oxygens (including phenoxy) is 1. The van der Waals surface area contributed by atoms with E-state index in [2.05, 4.69) is 20.6 Å². The van der Waals surface area contributed by atoms with Crippen LogP contribution in [0.1, 0.15) is 37.9 Å². The standard InChI is InChI=1S/C20H23F3N6OS/c1-11(2)10-28-18(26-27-19(28)31)14-9-24-29-16(20(21,22)23)8-15(25-17(14)29)12-4-6-13(30-3)7-5-12/h4-7,9,11,15-16,25H,8,10H2,1-3H3,(H,27,31). The van der Waals surface area contributed by atoms with Crippen LogP contribution in [0.5, 0.6) is 5.75 Å². The summed E-state index contributed by atoms with van der Waals surface area (Å²) < 4.78 is 50.2. The van der Waals surface area contributed by atoms with Gasteiger partial charge in [-0.15, -0.1) is 0 Å². The fourth-order valence-electron chi connectivity index (χ4n) is 3.84. The molecule has 3 heterocycles. The maximum atomic E-state index is 13.9. The van der Waals surface area contributed by atoms with Crippen molar-refractivity contribution in [1.82, 2.24) is 24.5 Å². The second-order valence-corrected chi connectivity index (χ2v) is 8.36. The van der Waals surface area contributed by atoms with Gasteiger partial charge in [0.05, 0.1) is 24.9 Å². The smallest absolute Gasteiger partial charge is 0.410 e. The van der Waals surface area contributed by atoms with E-state index < -0.39 is 18.3 Å². The van der Waals surface area contributed by atoms with Crippen LogP contribution in [0.3, 0.4) is 0 Å². The van der Waals surface area contributed by atoms with Crippen LogP contribution < -0.4 is 10.1 Å². The maximum Gasteiger partial charge on any atom is 0.410 e. The van der Waals surface area contributed by atoms with Crippen molar-refractivity contribution in [2.45, 2.75) is 45.1 Å². The zero-order valence-electron chi connectivity index (χ0n) is 17.3. The molecule has 2 unspecified atom stereocenters. The number of hydrogen-bond donors (Lipinski definition) is 2. The first-order valence-corrected chi connectivity index (χ1v) is 10.3. The Labute approximate surface area is 182 Å². The molecule has 11 heteroatoms. The Morgan fingerprint density at radius 3 is 2.58 bits per heavy atom. The molecule has 0 saturated heterocycles. The van der Waals surface area contributed by atoms with Crippen molar-refractivity contribution in [2.24, 2.45) is 5.92 Å². The van der Waals surface area contributed by atoms with Crippen molar-refractivity contribution in [3.05, 3.63) is 40.8 Å². The summed E-state index contributed by atoms with van der Waals surface area (Å²) in [6, 6.07) is 4.70. The van der Waals surface area contributed by atoms with E-state index in [0.29, 0.717) is 28.5 Å². The van der Waals surface area contributed by atoms with Gasteiger partial charge < -0.3 is 10.1 Å². The number of hydrogen-bond acceptors (Lipinski definition) is 5. The number of alkyl halides is 3. The molecule has 1 aromatic carbocycles. The first kappa shape index (κ1) is 21.4. The summed E-state index contributed by atoms with van der Waals surface area (Å²) in [7, 11) is 1.54. The Morgan fingerprint density at radius 1 is 1.26 bits per heavy atom. The molecule has 0 spiro atoms. The van der Waals surface area contributed by atoms with Crippen molar-refractivity contribution >= 4 is 18.0 Å². The van der Waals surface area contributed by atoms with Crippen LogP contribution in [0.15, 0.2) is 30.5 Å². The van der Waals surface area contributed by atoms with Gasteiger partial charge in [-0.2, -0.15) is 23.4 Å². The molecule has 1 aliphatic heterocycles. The monoisotopic (exact) mass is 452 g/mol. The lowest BCUT2D eigenvalue weighted by Crippen LogP contribution is -2.35. The van der Waals surface area contributed by atoms with Gasteiger partial charge in [-0.25, -0.2) is 4.68 Å². The fraction of sp³-hybridized carbons (Fsp3) is 0.450. The largest absolute Gasteiger partial charge is 0.497 e. The molecular formula is C20H23F3N6OS. The molecule has 31 heavy (non-hydrogen) atoms. The molecule has 7 nitrogen and oxygen atoms in total. The minimum atomic E-state index is -4.45. The van der Waals surface area contributed by atoms with Crippen LogP contribution in [-0.2, 0) is 6.54 Å². The predicted molar refractivity (Wildman–Crippen MR) is 113 cm³/mol. The van der Waals surface area contributed by atoms with Gasteiger partial charge in [-0.3, -0.25) is 9.67 Å². The highest BCUT2D eigenvalue weighted by Gasteiger charge is 2.47. The fourth-order valence-corrected chi connectivity index (χ4v) is 4.05. The van der Waals surface area contributed by atoms with Gasteiger partial charge in [0.25, 0.3) is 0 Å². The molecule has 2 atom stereocenters. The van der Waals surface area contributed by atoms with Gasteiger partial charge in [0.15, 0.2) is 16.6 Å². The molecule has 0 aliphatic carbocycles. The molecule has 0 amide bonds. The third-order valence-electron chi connectivity index (χ3n) is 5.30. The average molecular weight is 453 g/mol. The second kappa shape index (κ2) is 8.03. The van der Waals surface area contributed by atoms with E-state index in [0.717, 1.165) is 10.2 Å². The Kier molecular flexibility index (Phi) is 5.54. The van der Waals surface area contributed by atoms with Crippen LogP contribution in [0.4, 0.5) is 19.0 Å². The molecule has 1 aliphatic rings. The van der Waals surface area contributed by atoms with E-state index in [4.69, 9.17) is 17.0 Å². The number of rotatable bonds is 5. The SMILES string of the molecule is COc1ccc(C2CC(C(F)(F)F)n3ncc(-c4n[nH]c(=S)n4CC(C)C)c3N2)cc1. The quantitative estimate of drug-likeness (QED) is 0.525. The van der Waals surface area contributed by atoms with Gasteiger partial charge in [-0.1, -0.05) is 26.0 Å². The summed E-state index contributed by atoms with van der Waals surface area (Å²) in [4.78, 5) is 0. The summed E-state index contributed by atoms with van der Waals surface area (Å²) in [5.41, 5.74) is 1.20. The van der Waals surface area contributed by atoms with E-state index >= 15 is 0 Å². The van der Waals surface area contributed by atoms with Crippen LogP contribution >= 0.6 is 12.2 Å². The summed E-state index contributed by atoms with van der Waals surface area (Å²) in [5.74, 6) is 1.65. The Balaban J connectivity index is 1.79. The molecule has 0 fully saturated rings. The Morgan fingerprint density at radius 2 is 1.97 bits per heavy atom. The maximum absolute atomic E-state index is 13.9. The molecular weight excluding hydrogens is 429 g/mol. The first-order valence-electron chi connectivity index (χ1n) is 9.89. The van der Waals surface area contributed by atoms with Crippen LogP contribution in [0.2, 0.25) is 0 Å². The van der Waals surface area contributed by atoms with E-state index in [-0.39, 0.29) is 18.2 Å². The number of nitrogens with zero attached hydrogens (tertiary/aromatic N) is 4. The number of H-pyrrole nitrogens is 1. The van der Waals surface area contributed by atoms with Gasteiger partial charge in [0, 0.05) is 13.0 Å². The highest BCUT2D eigenvalue weighted by Crippen LogP contribution is 2.46. The van der Waals surface area contributed by atoms with Crippen molar-refractivity contribution in [2.75, 3.05) is 12.4 Å². The molecule has 166 valence electrons. The Bertz CT molecular complexity index is 1120. The number of aromatic amines is 1. The molecule has 0 saturated carbocycles. The van der Waals surface area contributed by atoms with Crippen molar-refractivity contribution in [1.29, 1.82) is 0 Å². The van der Waals surface area contributed by atoms with Crippen LogP contribution in [0, 0.1) is 10.7 Å². The van der Waals surface area contributed by atoms with Gasteiger partial charge in [0.2, 0.25) is 0 Å². The normalized spacial score (nSPS) is 18.7. The topological polar surface area (TPSA) is 72.7 Å². The first-order chi connectivity index (χ1) is 14.7. The van der Waals surface area contributed by atoms with E-state index in [9.17, 15) is 13.2 Å². The Hall–Kier alpha value is -2.82. The number of nitrogens with one attached hydrogen (secondary N) is 2. The summed E-state index contributed by atoms with van der Waals surface area (Å²) in [6.07, 6.45) is -3.21. The minimum absolute atomic E-state index is 0.178. The van der Waals surface area contributed by atoms with E-state index in [1.807, 2.05) is 13.8 Å². The molecule has 3 aromatic rings. The van der Waals surface area contributed by atoms with Gasteiger partial charge in [0.1, 0.15) is 11.6 Å². The second-order valence-electron chi connectivity index (χ2n) is 7.97. The number of aromatic nitrogens is 5. The molecule has 0 bridgehead atoms. The molecule has 4 rings (SSSR count). The van der Waals surface area contributed by atoms with Gasteiger partial charge >= 0.3 is 6.18 Å². The number of fused-ring (bicyclic) bond motifs is 1. The van der Waals surface area contributed by atoms with Crippen LogP contribution in [0.25, 0.3) is 11.4 Å². The van der Waals surface area contributed by atoms with E-state index in [1.165, 1.54) is 6.20 Å².